The van der Waals surface area contributed by atoms with Crippen LogP contribution in [0.3, 0.4) is 0 Å². The van der Waals surface area contributed by atoms with Gasteiger partial charge in [0.15, 0.2) is 4.96 Å². The average Bonchev–Trinajstić information content (AvgIpc) is 3.38. The van der Waals surface area contributed by atoms with Crippen LogP contribution < -0.4 is 5.32 Å². The number of benzene rings is 2. The van der Waals surface area contributed by atoms with Crippen molar-refractivity contribution in [2.75, 3.05) is 6.54 Å². The molecule has 0 unspecified atom stereocenters. The van der Waals surface area contributed by atoms with E-state index in [0.29, 0.717) is 19.5 Å². The van der Waals surface area contributed by atoms with Crippen LogP contribution in [0.4, 0.5) is 8.78 Å². The maximum absolute atomic E-state index is 13.4. The molecule has 1 N–H and O–H groups in total. The predicted octanol–water partition coefficient (Wildman–Crippen LogP) is 6.26. The Morgan fingerprint density at radius 3 is 2.59 bits per heavy atom. The number of nitrogens with one attached hydrogen (secondary N) is 1. The number of amides is 2. The highest BCUT2D eigenvalue weighted by atomic mass is 79.9. The Labute approximate surface area is 240 Å². The lowest BCUT2D eigenvalue weighted by molar-refractivity contribution is -0.136. The third kappa shape index (κ3) is 5.39. The van der Waals surface area contributed by atoms with Crippen LogP contribution >= 0.6 is 59.1 Å². The van der Waals surface area contributed by atoms with Gasteiger partial charge < -0.3 is 10.2 Å². The number of carbonyl (C=O) groups is 2. The molecule has 0 saturated carbocycles. The Hall–Kier alpha value is -2.15. The number of hydrogen-bond acceptors (Lipinski definition) is 4. The minimum absolute atomic E-state index is 0.209. The first-order chi connectivity index (χ1) is 17.6. The molecule has 0 aliphatic carbocycles. The van der Waals surface area contributed by atoms with Crippen LogP contribution in [-0.2, 0) is 29.0 Å². The zero-order chi connectivity index (χ0) is 26.4. The molecule has 4 aromatic rings. The van der Waals surface area contributed by atoms with Crippen LogP contribution in [0.25, 0.3) is 16.2 Å². The molecule has 2 amide bonds. The number of carbonyl (C=O) groups excluding carboxylic acids is 2. The Kier molecular flexibility index (Phi) is 7.54. The SMILES string of the molecule is C[C@@H](NC(=O)Cc1cc(F)cc(F)c1)C(=O)N1CCc2c(sc3nc(-c4ccc(Br)c(Br)c4Br)cn23)C1. The van der Waals surface area contributed by atoms with Gasteiger partial charge >= 0.3 is 0 Å². The summed E-state index contributed by atoms with van der Waals surface area (Å²) in [7, 11) is 0. The van der Waals surface area contributed by atoms with E-state index in [-0.39, 0.29) is 17.9 Å². The molecular weight excluding hydrogens is 698 g/mol. The van der Waals surface area contributed by atoms with Crippen LogP contribution in [-0.4, -0.2) is 38.7 Å². The first-order valence-corrected chi connectivity index (χ1v) is 14.5. The van der Waals surface area contributed by atoms with Crippen LogP contribution in [0, 0.1) is 11.6 Å². The maximum atomic E-state index is 13.4. The minimum atomic E-state index is -0.767. The van der Waals surface area contributed by atoms with Gasteiger partial charge in [-0.05, 0) is 78.5 Å². The molecule has 3 heterocycles. The van der Waals surface area contributed by atoms with E-state index in [2.05, 4.69) is 57.5 Å². The summed E-state index contributed by atoms with van der Waals surface area (Å²) in [6.07, 6.45) is 2.46. The third-order valence-electron chi connectivity index (χ3n) is 6.11. The quantitative estimate of drug-likeness (QED) is 0.248. The summed E-state index contributed by atoms with van der Waals surface area (Å²) in [5.74, 6) is -2.18. The molecule has 37 heavy (non-hydrogen) atoms. The highest BCUT2D eigenvalue weighted by Gasteiger charge is 2.29. The molecule has 0 saturated heterocycles. The number of rotatable bonds is 5. The molecule has 0 spiro atoms. The lowest BCUT2D eigenvalue weighted by atomic mass is 10.1. The van der Waals surface area contributed by atoms with E-state index in [9.17, 15) is 18.4 Å². The second-order valence-corrected chi connectivity index (χ2v) is 12.2. The fourth-order valence-corrected chi connectivity index (χ4v) is 7.03. The summed E-state index contributed by atoms with van der Waals surface area (Å²) < 4.78 is 31.7. The summed E-state index contributed by atoms with van der Waals surface area (Å²) in [6, 6.07) is 6.16. The number of nitrogens with zero attached hydrogens (tertiary/aromatic N) is 3. The van der Waals surface area contributed by atoms with E-state index < -0.39 is 23.6 Å². The molecular formula is C25H19Br3F2N4O2S. The Balaban J connectivity index is 1.27. The van der Waals surface area contributed by atoms with Crippen molar-refractivity contribution in [3.8, 4) is 11.3 Å². The summed E-state index contributed by atoms with van der Waals surface area (Å²) in [6.45, 7) is 2.55. The van der Waals surface area contributed by atoms with E-state index >= 15 is 0 Å². The third-order valence-corrected chi connectivity index (χ3v) is 10.6. The second-order valence-electron chi connectivity index (χ2n) is 8.73. The topological polar surface area (TPSA) is 66.7 Å². The van der Waals surface area contributed by atoms with Crippen molar-refractivity contribution in [1.29, 1.82) is 0 Å². The van der Waals surface area contributed by atoms with Crippen molar-refractivity contribution in [2.24, 2.45) is 0 Å². The summed E-state index contributed by atoms with van der Waals surface area (Å²) >= 11 is 12.3. The van der Waals surface area contributed by atoms with Gasteiger partial charge in [0, 0.05) is 54.8 Å². The van der Waals surface area contributed by atoms with E-state index in [1.165, 1.54) is 0 Å². The Morgan fingerprint density at radius 1 is 1.14 bits per heavy atom. The van der Waals surface area contributed by atoms with Crippen molar-refractivity contribution < 1.29 is 18.4 Å². The van der Waals surface area contributed by atoms with Gasteiger partial charge in [-0.15, -0.1) is 0 Å². The molecule has 5 rings (SSSR count). The van der Waals surface area contributed by atoms with E-state index in [4.69, 9.17) is 4.98 Å². The smallest absolute Gasteiger partial charge is 0.245 e. The first-order valence-electron chi connectivity index (χ1n) is 11.3. The van der Waals surface area contributed by atoms with Crippen molar-refractivity contribution in [3.05, 3.63) is 77.7 Å². The standard InChI is InChI=1S/C25H19Br3F2N4O2S/c1-12(31-21(35)8-13-6-14(29)9-15(30)7-13)24(36)33-5-4-19-20(11-33)37-25-32-18(10-34(19)25)16-2-3-17(26)23(28)22(16)27/h2-3,6-7,9-10,12H,4-5,8,11H2,1H3,(H,31,35)/t12-/m1/s1. The molecule has 0 bridgehead atoms. The summed E-state index contributed by atoms with van der Waals surface area (Å²) in [5, 5.41) is 2.65. The molecule has 1 aliphatic heterocycles. The van der Waals surface area contributed by atoms with E-state index in [0.717, 1.165) is 58.4 Å². The van der Waals surface area contributed by atoms with Crippen LogP contribution in [0.15, 0.2) is 49.9 Å². The highest BCUT2D eigenvalue weighted by molar-refractivity contribution is 9.14. The number of imidazole rings is 1. The molecule has 1 aliphatic rings. The molecule has 1 atom stereocenters. The van der Waals surface area contributed by atoms with Crippen LogP contribution in [0.2, 0.25) is 0 Å². The molecule has 2 aromatic heterocycles. The van der Waals surface area contributed by atoms with Gasteiger partial charge in [-0.1, -0.05) is 17.4 Å². The van der Waals surface area contributed by atoms with Gasteiger partial charge in [-0.2, -0.15) is 0 Å². The summed E-state index contributed by atoms with van der Waals surface area (Å²) in [5.41, 5.74) is 3.15. The van der Waals surface area contributed by atoms with Gasteiger partial charge in [0.1, 0.15) is 17.7 Å². The normalized spacial score (nSPS) is 14.1. The van der Waals surface area contributed by atoms with Crippen LogP contribution in [0.5, 0.6) is 0 Å². The van der Waals surface area contributed by atoms with Gasteiger partial charge in [-0.25, -0.2) is 13.8 Å². The fourth-order valence-electron chi connectivity index (χ4n) is 4.38. The monoisotopic (exact) mass is 714 g/mol. The lowest BCUT2D eigenvalue weighted by Crippen LogP contribution is -2.48. The molecule has 0 fully saturated rings. The Bertz CT molecular complexity index is 1530. The highest BCUT2D eigenvalue weighted by Crippen LogP contribution is 2.39. The van der Waals surface area contributed by atoms with Crippen LogP contribution in [0.1, 0.15) is 23.1 Å². The number of thiazole rings is 1. The fraction of sp³-hybridized carbons (Fsp3) is 0.240. The molecule has 0 radical (unpaired) electrons. The van der Waals surface area contributed by atoms with Crippen molar-refractivity contribution in [3.63, 3.8) is 0 Å². The largest absolute Gasteiger partial charge is 0.344 e. The molecule has 192 valence electrons. The Morgan fingerprint density at radius 2 is 1.86 bits per heavy atom. The first kappa shape index (κ1) is 26.5. The van der Waals surface area contributed by atoms with Gasteiger partial charge in [0.25, 0.3) is 0 Å². The van der Waals surface area contributed by atoms with Gasteiger partial charge in [-0.3, -0.25) is 14.0 Å². The number of halogens is 5. The zero-order valence-corrected chi connectivity index (χ0v) is 24.9. The van der Waals surface area contributed by atoms with Crippen molar-refractivity contribution >= 4 is 75.9 Å². The van der Waals surface area contributed by atoms with Gasteiger partial charge in [0.05, 0.1) is 18.7 Å². The lowest BCUT2D eigenvalue weighted by Gasteiger charge is -2.29. The molecule has 2 aromatic carbocycles. The van der Waals surface area contributed by atoms with Crippen molar-refractivity contribution in [2.45, 2.75) is 32.4 Å². The zero-order valence-electron chi connectivity index (χ0n) is 19.3. The number of aromatic nitrogens is 2. The van der Waals surface area contributed by atoms with E-state index in [1.54, 1.807) is 23.2 Å². The van der Waals surface area contributed by atoms with E-state index in [1.807, 2.05) is 18.3 Å². The number of hydrogen-bond donors (Lipinski definition) is 1. The average molecular weight is 717 g/mol. The number of fused-ring (bicyclic) bond motifs is 3. The van der Waals surface area contributed by atoms with Crippen molar-refractivity contribution in [1.82, 2.24) is 19.6 Å². The minimum Gasteiger partial charge on any atom is -0.344 e. The molecule has 6 nitrogen and oxygen atoms in total. The summed E-state index contributed by atoms with van der Waals surface area (Å²) in [4.78, 5) is 33.9. The predicted molar refractivity (Wildman–Crippen MR) is 148 cm³/mol. The maximum Gasteiger partial charge on any atom is 0.245 e. The second kappa shape index (κ2) is 10.5. The molecule has 12 heteroatoms. The van der Waals surface area contributed by atoms with Gasteiger partial charge in [0.2, 0.25) is 11.8 Å².